The van der Waals surface area contributed by atoms with E-state index < -0.39 is 0 Å². The molecule has 4 rings (SSSR count). The van der Waals surface area contributed by atoms with E-state index in [-0.39, 0.29) is 17.9 Å². The zero-order chi connectivity index (χ0) is 20.3. The predicted molar refractivity (Wildman–Crippen MR) is 104 cm³/mol. The highest BCUT2D eigenvalue weighted by molar-refractivity contribution is 5.92. The van der Waals surface area contributed by atoms with Crippen molar-refractivity contribution in [3.63, 3.8) is 0 Å². The predicted octanol–water partition coefficient (Wildman–Crippen LogP) is 2.94. The lowest BCUT2D eigenvalue weighted by Crippen LogP contribution is -2.47. The minimum absolute atomic E-state index is 0.125. The number of aryl methyl sites for hydroxylation is 1. The molecule has 0 bridgehead atoms. The Labute approximate surface area is 168 Å². The van der Waals surface area contributed by atoms with E-state index in [4.69, 9.17) is 9.26 Å². The largest absolute Gasteiger partial charge is 0.484 e. The first kappa shape index (κ1) is 19.0. The minimum atomic E-state index is -0.388. The van der Waals surface area contributed by atoms with E-state index in [0.717, 1.165) is 24.3 Å². The Morgan fingerprint density at radius 1 is 1.24 bits per heavy atom. The van der Waals surface area contributed by atoms with E-state index in [1.54, 1.807) is 11.1 Å². The number of rotatable bonds is 5. The number of piperidine rings is 1. The molecule has 0 saturated carbocycles. The first-order valence-electron chi connectivity index (χ1n) is 9.62. The second kappa shape index (κ2) is 7.98. The SMILES string of the molecule is Cc1cnc(C(=O)N2CCCC(C)(c3noc(COc4ccccc4)n3)C2)cn1. The Morgan fingerprint density at radius 2 is 2.07 bits per heavy atom. The van der Waals surface area contributed by atoms with E-state index in [2.05, 4.69) is 27.0 Å². The van der Waals surface area contributed by atoms with Gasteiger partial charge in [-0.3, -0.25) is 9.78 Å². The van der Waals surface area contributed by atoms with Crippen LogP contribution in [0.1, 0.15) is 47.7 Å². The van der Waals surface area contributed by atoms with Crippen molar-refractivity contribution in [1.82, 2.24) is 25.0 Å². The van der Waals surface area contributed by atoms with Gasteiger partial charge in [0.15, 0.2) is 12.4 Å². The second-order valence-electron chi connectivity index (χ2n) is 7.55. The van der Waals surface area contributed by atoms with Gasteiger partial charge in [-0.05, 0) is 31.9 Å². The summed E-state index contributed by atoms with van der Waals surface area (Å²) in [7, 11) is 0. The van der Waals surface area contributed by atoms with Crippen LogP contribution in [-0.4, -0.2) is 44.0 Å². The number of hydrogen-bond acceptors (Lipinski definition) is 7. The molecule has 8 nitrogen and oxygen atoms in total. The minimum Gasteiger partial charge on any atom is -0.484 e. The third kappa shape index (κ3) is 4.26. The lowest BCUT2D eigenvalue weighted by molar-refractivity contribution is 0.0635. The van der Waals surface area contributed by atoms with Crippen molar-refractivity contribution in [3.05, 3.63) is 65.8 Å². The van der Waals surface area contributed by atoms with Crippen molar-refractivity contribution in [2.75, 3.05) is 13.1 Å². The third-order valence-electron chi connectivity index (χ3n) is 5.10. The van der Waals surface area contributed by atoms with Crippen LogP contribution in [0.4, 0.5) is 0 Å². The van der Waals surface area contributed by atoms with Crippen molar-refractivity contribution in [2.45, 2.75) is 38.7 Å². The van der Waals surface area contributed by atoms with Crippen LogP contribution in [0.3, 0.4) is 0 Å². The zero-order valence-electron chi connectivity index (χ0n) is 16.5. The van der Waals surface area contributed by atoms with Crippen molar-refractivity contribution >= 4 is 5.91 Å². The van der Waals surface area contributed by atoms with Gasteiger partial charge in [-0.25, -0.2) is 4.98 Å². The smallest absolute Gasteiger partial charge is 0.274 e. The fraction of sp³-hybridized carbons (Fsp3) is 0.381. The number of nitrogens with zero attached hydrogens (tertiary/aromatic N) is 5. The summed E-state index contributed by atoms with van der Waals surface area (Å²) in [5, 5.41) is 4.17. The molecule has 1 aromatic carbocycles. The summed E-state index contributed by atoms with van der Waals surface area (Å²) in [6.45, 7) is 5.27. The summed E-state index contributed by atoms with van der Waals surface area (Å²) >= 11 is 0. The van der Waals surface area contributed by atoms with Crippen molar-refractivity contribution in [1.29, 1.82) is 0 Å². The average Bonchev–Trinajstić information content (AvgIpc) is 3.23. The molecule has 1 saturated heterocycles. The van der Waals surface area contributed by atoms with Gasteiger partial charge in [0.25, 0.3) is 11.8 Å². The molecule has 150 valence electrons. The highest BCUT2D eigenvalue weighted by atomic mass is 16.5. The Morgan fingerprint density at radius 3 is 2.83 bits per heavy atom. The Bertz CT molecular complexity index is 973. The van der Waals surface area contributed by atoms with Crippen LogP contribution in [-0.2, 0) is 12.0 Å². The number of amides is 1. The molecule has 0 aliphatic carbocycles. The molecule has 1 amide bonds. The Balaban J connectivity index is 1.44. The van der Waals surface area contributed by atoms with E-state index in [1.165, 1.54) is 6.20 Å². The molecule has 29 heavy (non-hydrogen) atoms. The standard InChI is InChI=1S/C21H23N5O3/c1-15-11-23-17(12-22-15)19(27)26-10-6-9-21(2,14-26)20-24-18(29-25-20)13-28-16-7-4-3-5-8-16/h3-5,7-8,11-12H,6,9-10,13-14H2,1-2H3. The molecule has 0 spiro atoms. The summed E-state index contributed by atoms with van der Waals surface area (Å²) < 4.78 is 11.1. The number of carbonyl (C=O) groups is 1. The number of para-hydroxylation sites is 1. The number of ether oxygens (including phenoxy) is 1. The van der Waals surface area contributed by atoms with Gasteiger partial charge < -0.3 is 14.2 Å². The number of likely N-dealkylation sites (tertiary alicyclic amines) is 1. The molecular formula is C21H23N5O3. The number of aromatic nitrogens is 4. The van der Waals surface area contributed by atoms with E-state index >= 15 is 0 Å². The van der Waals surface area contributed by atoms with Crippen LogP contribution in [0, 0.1) is 6.92 Å². The van der Waals surface area contributed by atoms with E-state index in [1.807, 2.05) is 37.3 Å². The van der Waals surface area contributed by atoms with Crippen LogP contribution in [0.5, 0.6) is 5.75 Å². The number of hydrogen-bond donors (Lipinski definition) is 0. The molecule has 1 fully saturated rings. The van der Waals surface area contributed by atoms with Crippen LogP contribution >= 0.6 is 0 Å². The quantitative estimate of drug-likeness (QED) is 0.658. The van der Waals surface area contributed by atoms with Crippen LogP contribution in [0.25, 0.3) is 0 Å². The molecule has 1 aliphatic rings. The van der Waals surface area contributed by atoms with Crippen LogP contribution in [0.15, 0.2) is 47.2 Å². The first-order chi connectivity index (χ1) is 14.0. The Kier molecular flexibility index (Phi) is 5.24. The van der Waals surface area contributed by atoms with Crippen LogP contribution < -0.4 is 4.74 Å². The first-order valence-corrected chi connectivity index (χ1v) is 9.62. The topological polar surface area (TPSA) is 94.2 Å². The van der Waals surface area contributed by atoms with Crippen LogP contribution in [0.2, 0.25) is 0 Å². The molecule has 1 atom stereocenters. The molecule has 1 unspecified atom stereocenters. The monoisotopic (exact) mass is 393 g/mol. The van der Waals surface area contributed by atoms with E-state index in [0.29, 0.717) is 30.5 Å². The fourth-order valence-electron chi connectivity index (χ4n) is 3.48. The average molecular weight is 393 g/mol. The highest BCUT2D eigenvalue weighted by Crippen LogP contribution is 2.32. The molecule has 0 radical (unpaired) electrons. The van der Waals surface area contributed by atoms with Gasteiger partial charge in [0.2, 0.25) is 0 Å². The second-order valence-corrected chi connectivity index (χ2v) is 7.55. The third-order valence-corrected chi connectivity index (χ3v) is 5.10. The van der Waals surface area contributed by atoms with Gasteiger partial charge in [0, 0.05) is 24.7 Å². The normalized spacial score (nSPS) is 19.2. The zero-order valence-corrected chi connectivity index (χ0v) is 16.5. The molecule has 1 aliphatic heterocycles. The summed E-state index contributed by atoms with van der Waals surface area (Å²) in [5.74, 6) is 1.63. The molecule has 3 aromatic rings. The number of benzene rings is 1. The summed E-state index contributed by atoms with van der Waals surface area (Å²) in [6.07, 6.45) is 4.85. The van der Waals surface area contributed by atoms with Gasteiger partial charge in [0.05, 0.1) is 11.9 Å². The summed E-state index contributed by atoms with van der Waals surface area (Å²) in [5.41, 5.74) is 0.743. The van der Waals surface area contributed by atoms with Gasteiger partial charge in [-0.2, -0.15) is 4.98 Å². The molecule has 3 heterocycles. The van der Waals surface area contributed by atoms with Crippen molar-refractivity contribution in [2.24, 2.45) is 0 Å². The summed E-state index contributed by atoms with van der Waals surface area (Å²) in [4.78, 5) is 27.5. The van der Waals surface area contributed by atoms with Gasteiger partial charge >= 0.3 is 0 Å². The molecule has 0 N–H and O–H groups in total. The van der Waals surface area contributed by atoms with Gasteiger partial charge in [-0.15, -0.1) is 0 Å². The maximum Gasteiger partial charge on any atom is 0.274 e. The lowest BCUT2D eigenvalue weighted by Gasteiger charge is -2.38. The maximum absolute atomic E-state index is 12.8. The highest BCUT2D eigenvalue weighted by Gasteiger charge is 2.39. The van der Waals surface area contributed by atoms with Crippen molar-refractivity contribution < 1.29 is 14.1 Å². The Hall–Kier alpha value is -3.29. The molecular weight excluding hydrogens is 370 g/mol. The lowest BCUT2D eigenvalue weighted by atomic mass is 9.81. The maximum atomic E-state index is 12.8. The molecule has 2 aromatic heterocycles. The van der Waals surface area contributed by atoms with Gasteiger partial charge in [-0.1, -0.05) is 30.3 Å². The summed E-state index contributed by atoms with van der Waals surface area (Å²) in [6, 6.07) is 9.48. The fourth-order valence-corrected chi connectivity index (χ4v) is 3.48. The van der Waals surface area contributed by atoms with E-state index in [9.17, 15) is 4.79 Å². The van der Waals surface area contributed by atoms with Gasteiger partial charge in [0.1, 0.15) is 11.4 Å². The van der Waals surface area contributed by atoms with Crippen molar-refractivity contribution in [3.8, 4) is 5.75 Å². The molecule has 8 heteroatoms. The number of carbonyl (C=O) groups excluding carboxylic acids is 1.